The van der Waals surface area contributed by atoms with Gasteiger partial charge in [0, 0.05) is 11.6 Å². The second-order valence-electron chi connectivity index (χ2n) is 7.10. The van der Waals surface area contributed by atoms with Crippen molar-refractivity contribution in [1.29, 1.82) is 0 Å². The van der Waals surface area contributed by atoms with E-state index in [0.717, 1.165) is 22.8 Å². The maximum Gasteiger partial charge on any atom is 0.328 e. The zero-order valence-corrected chi connectivity index (χ0v) is 13.1. The molecule has 0 aliphatic rings. The summed E-state index contributed by atoms with van der Waals surface area (Å²) in [5, 5.41) is 19.1. The van der Waals surface area contributed by atoms with Crippen LogP contribution in [0.2, 0.25) is 0 Å². The first-order valence-electron chi connectivity index (χ1n) is 6.72. The maximum atomic E-state index is 10.7. The fourth-order valence-electron chi connectivity index (χ4n) is 2.47. The molecule has 0 fully saturated rings. The van der Waals surface area contributed by atoms with E-state index in [9.17, 15) is 9.90 Å². The SMILES string of the molecule is CC(C)(C)c1c(O)ccc(C=CC(=O)O)c1C(C)(C)C. The van der Waals surface area contributed by atoms with Crippen molar-refractivity contribution >= 4 is 12.0 Å². The summed E-state index contributed by atoms with van der Waals surface area (Å²) in [6.45, 7) is 12.3. The number of carboxylic acids is 1. The standard InChI is InChI=1S/C17H24O3/c1-16(2,3)14-11(8-10-13(19)20)7-9-12(18)15(14)17(4,5)6/h7-10,18H,1-6H3,(H,19,20). The first-order chi connectivity index (χ1) is 8.94. The summed E-state index contributed by atoms with van der Waals surface area (Å²) in [5.41, 5.74) is 2.28. The van der Waals surface area contributed by atoms with E-state index in [4.69, 9.17) is 5.11 Å². The molecule has 0 aromatic heterocycles. The Bertz CT molecular complexity index is 541. The number of rotatable bonds is 2. The molecular weight excluding hydrogens is 252 g/mol. The summed E-state index contributed by atoms with van der Waals surface area (Å²) in [7, 11) is 0. The minimum atomic E-state index is -0.977. The predicted octanol–water partition coefficient (Wildman–Crippen LogP) is 4.09. The zero-order chi connectivity index (χ0) is 15.7. The smallest absolute Gasteiger partial charge is 0.328 e. The van der Waals surface area contributed by atoms with Gasteiger partial charge in [-0.05, 0) is 34.1 Å². The summed E-state index contributed by atoms with van der Waals surface area (Å²) in [6.07, 6.45) is 2.73. The number of phenolic OH excluding ortho intramolecular Hbond substituents is 1. The number of carboxylic acid groups (broad SMARTS) is 1. The molecule has 0 aliphatic heterocycles. The van der Waals surface area contributed by atoms with Crippen molar-refractivity contribution in [3.8, 4) is 5.75 Å². The monoisotopic (exact) mass is 276 g/mol. The molecule has 2 N–H and O–H groups in total. The Hall–Kier alpha value is -1.77. The van der Waals surface area contributed by atoms with Gasteiger partial charge < -0.3 is 10.2 Å². The molecule has 110 valence electrons. The van der Waals surface area contributed by atoms with Gasteiger partial charge in [-0.1, -0.05) is 47.6 Å². The molecule has 1 aromatic carbocycles. The third-order valence-electron chi connectivity index (χ3n) is 3.12. The number of benzene rings is 1. The van der Waals surface area contributed by atoms with Crippen LogP contribution < -0.4 is 0 Å². The minimum absolute atomic E-state index is 0.195. The van der Waals surface area contributed by atoms with E-state index < -0.39 is 5.97 Å². The third-order valence-corrected chi connectivity index (χ3v) is 3.12. The number of carbonyl (C=O) groups is 1. The van der Waals surface area contributed by atoms with Crippen molar-refractivity contribution in [3.63, 3.8) is 0 Å². The summed E-state index contributed by atoms with van der Waals surface area (Å²) in [4.78, 5) is 10.7. The van der Waals surface area contributed by atoms with Gasteiger partial charge in [-0.15, -0.1) is 0 Å². The molecule has 0 saturated carbocycles. The molecule has 0 aliphatic carbocycles. The molecule has 1 rings (SSSR count). The first kappa shape index (κ1) is 16.3. The summed E-state index contributed by atoms with van der Waals surface area (Å²) in [6, 6.07) is 3.40. The third kappa shape index (κ3) is 3.62. The molecule has 0 unspecified atom stereocenters. The lowest BCUT2D eigenvalue weighted by Gasteiger charge is -2.32. The van der Waals surface area contributed by atoms with E-state index in [2.05, 4.69) is 20.8 Å². The Labute approximate surface area is 121 Å². The highest BCUT2D eigenvalue weighted by Crippen LogP contribution is 2.41. The van der Waals surface area contributed by atoms with Crippen LogP contribution in [0.5, 0.6) is 5.75 Å². The number of aliphatic carboxylic acids is 1. The fourth-order valence-corrected chi connectivity index (χ4v) is 2.47. The Morgan fingerprint density at radius 3 is 1.90 bits per heavy atom. The molecule has 3 heteroatoms. The van der Waals surface area contributed by atoms with Crippen LogP contribution in [0.15, 0.2) is 18.2 Å². The van der Waals surface area contributed by atoms with Crippen LogP contribution in [0.25, 0.3) is 6.08 Å². The highest BCUT2D eigenvalue weighted by atomic mass is 16.4. The zero-order valence-electron chi connectivity index (χ0n) is 13.1. The Balaban J connectivity index is 3.68. The van der Waals surface area contributed by atoms with Gasteiger partial charge in [0.25, 0.3) is 0 Å². The number of hydrogen-bond donors (Lipinski definition) is 2. The van der Waals surface area contributed by atoms with Crippen molar-refractivity contribution in [3.05, 3.63) is 34.9 Å². The van der Waals surface area contributed by atoms with E-state index in [1.807, 2.05) is 20.8 Å². The molecule has 0 atom stereocenters. The number of aromatic hydroxyl groups is 1. The lowest BCUT2D eigenvalue weighted by Crippen LogP contribution is -2.23. The topological polar surface area (TPSA) is 57.5 Å². The predicted molar refractivity (Wildman–Crippen MR) is 82.2 cm³/mol. The molecule has 0 heterocycles. The lowest BCUT2D eigenvalue weighted by molar-refractivity contribution is -0.131. The maximum absolute atomic E-state index is 10.7. The van der Waals surface area contributed by atoms with Crippen molar-refractivity contribution in [2.75, 3.05) is 0 Å². The molecule has 0 amide bonds. The molecule has 1 aromatic rings. The van der Waals surface area contributed by atoms with E-state index in [0.29, 0.717) is 0 Å². The molecule has 0 radical (unpaired) electrons. The molecule has 0 bridgehead atoms. The first-order valence-corrected chi connectivity index (χ1v) is 6.72. The normalized spacial score (nSPS) is 12.9. The van der Waals surface area contributed by atoms with Crippen LogP contribution >= 0.6 is 0 Å². The number of phenols is 1. The van der Waals surface area contributed by atoms with Gasteiger partial charge in [0.2, 0.25) is 0 Å². The molecule has 20 heavy (non-hydrogen) atoms. The Morgan fingerprint density at radius 2 is 1.50 bits per heavy atom. The van der Waals surface area contributed by atoms with Gasteiger partial charge in [0.05, 0.1) is 0 Å². The summed E-state index contributed by atoms with van der Waals surface area (Å²) < 4.78 is 0. The van der Waals surface area contributed by atoms with Crippen molar-refractivity contribution in [2.24, 2.45) is 0 Å². The average molecular weight is 276 g/mol. The van der Waals surface area contributed by atoms with E-state index in [1.54, 1.807) is 18.2 Å². The van der Waals surface area contributed by atoms with Gasteiger partial charge in [0.1, 0.15) is 5.75 Å². The number of hydrogen-bond acceptors (Lipinski definition) is 2. The van der Waals surface area contributed by atoms with Crippen LogP contribution in [-0.2, 0) is 15.6 Å². The van der Waals surface area contributed by atoms with Crippen LogP contribution in [0.1, 0.15) is 58.2 Å². The van der Waals surface area contributed by atoms with Crippen molar-refractivity contribution < 1.29 is 15.0 Å². The van der Waals surface area contributed by atoms with Gasteiger partial charge in [-0.2, -0.15) is 0 Å². The highest BCUT2D eigenvalue weighted by molar-refractivity contribution is 5.86. The second kappa shape index (κ2) is 5.31. The quantitative estimate of drug-likeness (QED) is 0.800. The second-order valence-corrected chi connectivity index (χ2v) is 7.10. The van der Waals surface area contributed by atoms with E-state index >= 15 is 0 Å². The average Bonchev–Trinajstić information content (AvgIpc) is 2.23. The molecular formula is C17H24O3. The summed E-state index contributed by atoms with van der Waals surface area (Å²) >= 11 is 0. The minimum Gasteiger partial charge on any atom is -0.508 e. The van der Waals surface area contributed by atoms with E-state index in [1.165, 1.54) is 0 Å². The largest absolute Gasteiger partial charge is 0.508 e. The lowest BCUT2D eigenvalue weighted by atomic mass is 9.72. The molecule has 3 nitrogen and oxygen atoms in total. The van der Waals surface area contributed by atoms with Crippen LogP contribution in [0.4, 0.5) is 0 Å². The molecule has 0 saturated heterocycles. The van der Waals surface area contributed by atoms with Crippen LogP contribution in [0.3, 0.4) is 0 Å². The van der Waals surface area contributed by atoms with E-state index in [-0.39, 0.29) is 16.6 Å². The van der Waals surface area contributed by atoms with Crippen molar-refractivity contribution in [2.45, 2.75) is 52.4 Å². The van der Waals surface area contributed by atoms with Gasteiger partial charge >= 0.3 is 5.97 Å². The molecule has 0 spiro atoms. The van der Waals surface area contributed by atoms with Crippen LogP contribution in [0, 0.1) is 0 Å². The van der Waals surface area contributed by atoms with Crippen LogP contribution in [-0.4, -0.2) is 16.2 Å². The Kier molecular flexibility index (Phi) is 4.33. The highest BCUT2D eigenvalue weighted by Gasteiger charge is 2.29. The van der Waals surface area contributed by atoms with Gasteiger partial charge in [-0.25, -0.2) is 4.79 Å². The van der Waals surface area contributed by atoms with Gasteiger partial charge in [-0.3, -0.25) is 0 Å². The Morgan fingerprint density at radius 1 is 1.00 bits per heavy atom. The summed E-state index contributed by atoms with van der Waals surface area (Å²) in [5.74, 6) is -0.717. The van der Waals surface area contributed by atoms with Gasteiger partial charge in [0.15, 0.2) is 0 Å². The van der Waals surface area contributed by atoms with Crippen molar-refractivity contribution in [1.82, 2.24) is 0 Å². The fraction of sp³-hybridized carbons (Fsp3) is 0.471.